The predicted molar refractivity (Wildman–Crippen MR) is 80.3 cm³/mol. The van der Waals surface area contributed by atoms with Gasteiger partial charge in [-0.25, -0.2) is 0 Å². The second-order valence-electron chi connectivity index (χ2n) is 4.44. The Labute approximate surface area is 127 Å². The van der Waals surface area contributed by atoms with Gasteiger partial charge in [0.2, 0.25) is 0 Å². The van der Waals surface area contributed by atoms with Gasteiger partial charge in [-0.2, -0.15) is 0 Å². The van der Waals surface area contributed by atoms with Crippen molar-refractivity contribution in [3.05, 3.63) is 53.3 Å². The summed E-state index contributed by atoms with van der Waals surface area (Å²) in [5.41, 5.74) is 2.09. The molecule has 0 aliphatic carbocycles. The van der Waals surface area contributed by atoms with Crippen LogP contribution in [-0.4, -0.2) is 23.8 Å². The number of esters is 1. The molecule has 5 heteroatoms. The van der Waals surface area contributed by atoms with Crippen LogP contribution in [0.25, 0.3) is 11.1 Å². The number of hydrogen-bond acceptors (Lipinski definition) is 4. The van der Waals surface area contributed by atoms with E-state index in [1.807, 2.05) is 24.3 Å². The highest BCUT2D eigenvalue weighted by Crippen LogP contribution is 2.23. The molecule has 0 atom stereocenters. The monoisotopic (exact) mass is 303 g/mol. The van der Waals surface area contributed by atoms with E-state index in [9.17, 15) is 9.59 Å². The largest absolute Gasteiger partial charge is 0.469 e. The molecule has 0 saturated heterocycles. The van der Waals surface area contributed by atoms with Crippen molar-refractivity contribution in [1.82, 2.24) is 4.98 Å². The molecule has 0 unspecified atom stereocenters. The average molecular weight is 304 g/mol. The Kier molecular flexibility index (Phi) is 5.06. The van der Waals surface area contributed by atoms with Crippen molar-refractivity contribution >= 4 is 23.4 Å². The summed E-state index contributed by atoms with van der Waals surface area (Å²) < 4.78 is 4.52. The number of Topliss-reactive ketones (excluding diaryl/α,β-unsaturated/α-hetero) is 1. The van der Waals surface area contributed by atoms with E-state index in [0.29, 0.717) is 10.7 Å². The van der Waals surface area contributed by atoms with Crippen LogP contribution in [0.15, 0.2) is 42.6 Å². The van der Waals surface area contributed by atoms with Crippen molar-refractivity contribution in [2.75, 3.05) is 7.11 Å². The number of carbonyl (C=O) groups excluding carboxylic acids is 2. The molecule has 0 bridgehead atoms. The van der Waals surface area contributed by atoms with E-state index >= 15 is 0 Å². The average Bonchev–Trinajstić information content (AvgIpc) is 2.52. The summed E-state index contributed by atoms with van der Waals surface area (Å²) in [7, 11) is 1.30. The molecule has 0 fully saturated rings. The minimum atomic E-state index is -0.408. The van der Waals surface area contributed by atoms with Crippen molar-refractivity contribution < 1.29 is 14.3 Å². The highest BCUT2D eigenvalue weighted by molar-refractivity contribution is 6.30. The molecule has 0 N–H and O–H groups in total. The summed E-state index contributed by atoms with van der Waals surface area (Å²) in [6, 6.07) is 10.9. The zero-order chi connectivity index (χ0) is 15.2. The van der Waals surface area contributed by atoms with E-state index in [1.54, 1.807) is 18.3 Å². The van der Waals surface area contributed by atoms with Gasteiger partial charge in [-0.1, -0.05) is 23.7 Å². The highest BCUT2D eigenvalue weighted by atomic mass is 35.5. The zero-order valence-corrected chi connectivity index (χ0v) is 12.3. The SMILES string of the molecule is COC(=O)CCC(=O)c1cc(-c2cccc(Cl)c2)ccn1. The molecule has 2 aromatic rings. The fraction of sp³-hybridized carbons (Fsp3) is 0.188. The fourth-order valence-electron chi connectivity index (χ4n) is 1.88. The lowest BCUT2D eigenvalue weighted by Crippen LogP contribution is -2.07. The topological polar surface area (TPSA) is 56.3 Å². The third-order valence-corrected chi connectivity index (χ3v) is 3.22. The quantitative estimate of drug-likeness (QED) is 0.626. The van der Waals surface area contributed by atoms with Crippen LogP contribution < -0.4 is 0 Å². The van der Waals surface area contributed by atoms with Gasteiger partial charge in [0.25, 0.3) is 0 Å². The Morgan fingerprint density at radius 1 is 1.14 bits per heavy atom. The van der Waals surface area contributed by atoms with Crippen molar-refractivity contribution in [3.63, 3.8) is 0 Å². The summed E-state index contributed by atoms with van der Waals surface area (Å²) >= 11 is 5.96. The molecule has 1 aromatic carbocycles. The van der Waals surface area contributed by atoms with E-state index in [1.165, 1.54) is 7.11 Å². The van der Waals surface area contributed by atoms with Gasteiger partial charge in [0.1, 0.15) is 5.69 Å². The molecule has 1 aromatic heterocycles. The Bertz CT molecular complexity index is 670. The van der Waals surface area contributed by atoms with Crippen LogP contribution in [0.1, 0.15) is 23.3 Å². The first kappa shape index (κ1) is 15.2. The number of halogens is 1. The number of methoxy groups -OCH3 is 1. The summed E-state index contributed by atoms with van der Waals surface area (Å²) in [6.45, 7) is 0. The lowest BCUT2D eigenvalue weighted by atomic mass is 10.0. The molecule has 0 aliphatic rings. The van der Waals surface area contributed by atoms with Crippen molar-refractivity contribution in [3.8, 4) is 11.1 Å². The Balaban J connectivity index is 2.18. The molecular weight excluding hydrogens is 290 g/mol. The number of rotatable bonds is 5. The molecule has 0 radical (unpaired) electrons. The smallest absolute Gasteiger partial charge is 0.305 e. The summed E-state index contributed by atoms with van der Waals surface area (Å²) in [4.78, 5) is 27.1. The van der Waals surface area contributed by atoms with Gasteiger partial charge in [-0.3, -0.25) is 14.6 Å². The zero-order valence-electron chi connectivity index (χ0n) is 11.5. The number of hydrogen-bond donors (Lipinski definition) is 0. The molecular formula is C16H14ClNO3. The van der Waals surface area contributed by atoms with E-state index in [0.717, 1.165) is 11.1 Å². The van der Waals surface area contributed by atoms with Gasteiger partial charge < -0.3 is 4.74 Å². The van der Waals surface area contributed by atoms with Gasteiger partial charge in [0, 0.05) is 17.6 Å². The van der Waals surface area contributed by atoms with Crippen LogP contribution in [0.4, 0.5) is 0 Å². The molecule has 0 saturated carbocycles. The van der Waals surface area contributed by atoms with E-state index in [4.69, 9.17) is 11.6 Å². The van der Waals surface area contributed by atoms with Crippen molar-refractivity contribution in [2.45, 2.75) is 12.8 Å². The number of nitrogens with zero attached hydrogens (tertiary/aromatic N) is 1. The molecule has 0 spiro atoms. The number of ether oxygens (including phenoxy) is 1. The lowest BCUT2D eigenvalue weighted by molar-refractivity contribution is -0.140. The number of aromatic nitrogens is 1. The maximum Gasteiger partial charge on any atom is 0.305 e. The molecule has 2 rings (SSSR count). The summed E-state index contributed by atoms with van der Waals surface area (Å²) in [5.74, 6) is -0.598. The standard InChI is InChI=1S/C16H14ClNO3/c1-21-16(20)6-5-15(19)14-10-12(7-8-18-14)11-3-2-4-13(17)9-11/h2-4,7-10H,5-6H2,1H3. The van der Waals surface area contributed by atoms with Crippen LogP contribution in [0.2, 0.25) is 5.02 Å². The van der Waals surface area contributed by atoms with Crippen molar-refractivity contribution in [2.24, 2.45) is 0 Å². The highest BCUT2D eigenvalue weighted by Gasteiger charge is 2.11. The second kappa shape index (κ2) is 6.99. The maximum absolute atomic E-state index is 12.0. The predicted octanol–water partition coefficient (Wildman–Crippen LogP) is 3.54. The number of benzene rings is 1. The van der Waals surface area contributed by atoms with Crippen LogP contribution >= 0.6 is 11.6 Å². The minimum absolute atomic E-state index is 0.0540. The van der Waals surface area contributed by atoms with E-state index in [2.05, 4.69) is 9.72 Å². The van der Waals surface area contributed by atoms with Gasteiger partial charge >= 0.3 is 5.97 Å². The van der Waals surface area contributed by atoms with Gasteiger partial charge in [0.05, 0.1) is 13.5 Å². The van der Waals surface area contributed by atoms with Gasteiger partial charge in [0.15, 0.2) is 5.78 Å². The molecule has 1 heterocycles. The molecule has 0 aliphatic heterocycles. The normalized spacial score (nSPS) is 10.2. The first-order valence-electron chi connectivity index (χ1n) is 6.42. The van der Waals surface area contributed by atoms with E-state index < -0.39 is 5.97 Å². The Hall–Kier alpha value is -2.20. The minimum Gasteiger partial charge on any atom is -0.469 e. The van der Waals surface area contributed by atoms with Crippen LogP contribution in [0.5, 0.6) is 0 Å². The first-order valence-corrected chi connectivity index (χ1v) is 6.80. The lowest BCUT2D eigenvalue weighted by Gasteiger charge is -2.05. The third-order valence-electron chi connectivity index (χ3n) is 2.99. The molecule has 4 nitrogen and oxygen atoms in total. The van der Waals surface area contributed by atoms with E-state index in [-0.39, 0.29) is 18.6 Å². The number of carbonyl (C=O) groups is 2. The van der Waals surface area contributed by atoms with Gasteiger partial charge in [-0.15, -0.1) is 0 Å². The van der Waals surface area contributed by atoms with Crippen LogP contribution in [-0.2, 0) is 9.53 Å². The van der Waals surface area contributed by atoms with Crippen molar-refractivity contribution in [1.29, 1.82) is 0 Å². The van der Waals surface area contributed by atoms with Crippen LogP contribution in [0, 0.1) is 0 Å². The third kappa shape index (κ3) is 4.13. The summed E-state index contributed by atoms with van der Waals surface area (Å²) in [6.07, 6.45) is 1.71. The van der Waals surface area contributed by atoms with Crippen LogP contribution in [0.3, 0.4) is 0 Å². The Morgan fingerprint density at radius 3 is 2.62 bits per heavy atom. The maximum atomic E-state index is 12.0. The number of ketones is 1. The summed E-state index contributed by atoms with van der Waals surface area (Å²) in [5, 5.41) is 0.628. The number of pyridine rings is 1. The molecule has 108 valence electrons. The Morgan fingerprint density at radius 2 is 1.90 bits per heavy atom. The molecule has 21 heavy (non-hydrogen) atoms. The first-order chi connectivity index (χ1) is 10.1. The second-order valence-corrected chi connectivity index (χ2v) is 4.88. The molecule has 0 amide bonds. The van der Waals surface area contributed by atoms with Gasteiger partial charge in [-0.05, 0) is 35.4 Å². The fourth-order valence-corrected chi connectivity index (χ4v) is 2.07.